The highest BCUT2D eigenvalue weighted by Gasteiger charge is 2.22. The Kier molecular flexibility index (Phi) is 4.22. The number of hydrogen-bond acceptors (Lipinski definition) is 7. The van der Waals surface area contributed by atoms with E-state index in [0.29, 0.717) is 0 Å². The van der Waals surface area contributed by atoms with Crippen LogP contribution in [-0.4, -0.2) is 38.2 Å². The number of nitrogens with two attached hydrogens (primary N) is 1. The van der Waals surface area contributed by atoms with Crippen LogP contribution >= 0.6 is 0 Å². The molecule has 0 unspecified atom stereocenters. The standard InChI is InChI=1S/C8H11N3O6S2/c1-6-4-8(10-5-7(6)11(12)13)18(14,15)2-3-19(9,16)17/h4-5H,2-3H2,1H3,(H2,9,16,17). The van der Waals surface area contributed by atoms with Gasteiger partial charge in [0.25, 0.3) is 5.69 Å². The van der Waals surface area contributed by atoms with Gasteiger partial charge in [-0.05, 0) is 13.0 Å². The highest BCUT2D eigenvalue weighted by molar-refractivity contribution is 7.94. The molecule has 1 aromatic heterocycles. The Bertz CT molecular complexity index is 710. The number of sulfonamides is 1. The monoisotopic (exact) mass is 309 g/mol. The van der Waals surface area contributed by atoms with Crippen LogP contribution in [0.25, 0.3) is 0 Å². The van der Waals surface area contributed by atoms with E-state index < -0.39 is 41.3 Å². The van der Waals surface area contributed by atoms with Gasteiger partial charge < -0.3 is 0 Å². The molecule has 1 aromatic rings. The fraction of sp³-hybridized carbons (Fsp3) is 0.375. The molecule has 9 nitrogen and oxygen atoms in total. The van der Waals surface area contributed by atoms with Gasteiger partial charge in [-0.25, -0.2) is 27.0 Å². The van der Waals surface area contributed by atoms with Crippen molar-refractivity contribution in [3.63, 3.8) is 0 Å². The van der Waals surface area contributed by atoms with Crippen LogP contribution in [0.5, 0.6) is 0 Å². The topological polar surface area (TPSA) is 150 Å². The van der Waals surface area contributed by atoms with Crippen molar-refractivity contribution in [1.29, 1.82) is 0 Å². The van der Waals surface area contributed by atoms with E-state index in [1.54, 1.807) is 0 Å². The first-order chi connectivity index (χ1) is 8.53. The molecule has 0 aliphatic rings. The molecule has 0 aromatic carbocycles. The molecule has 19 heavy (non-hydrogen) atoms. The van der Waals surface area contributed by atoms with Gasteiger partial charge in [-0.15, -0.1) is 0 Å². The predicted molar refractivity (Wildman–Crippen MR) is 65.7 cm³/mol. The number of rotatable bonds is 5. The second-order valence-electron chi connectivity index (χ2n) is 3.75. The summed E-state index contributed by atoms with van der Waals surface area (Å²) in [4.78, 5) is 13.3. The van der Waals surface area contributed by atoms with Crippen LogP contribution in [0.3, 0.4) is 0 Å². The number of hydrogen-bond donors (Lipinski definition) is 1. The van der Waals surface area contributed by atoms with Crippen LogP contribution in [0, 0.1) is 17.0 Å². The minimum absolute atomic E-state index is 0.120. The lowest BCUT2D eigenvalue weighted by molar-refractivity contribution is -0.385. The van der Waals surface area contributed by atoms with Crippen LogP contribution in [0.1, 0.15) is 5.56 Å². The molecule has 0 saturated carbocycles. The minimum atomic E-state index is -3.95. The number of nitro groups is 1. The molecule has 0 bridgehead atoms. The zero-order chi connectivity index (χ0) is 14.8. The second kappa shape index (κ2) is 5.19. The van der Waals surface area contributed by atoms with Gasteiger partial charge in [0.15, 0.2) is 14.9 Å². The first kappa shape index (κ1) is 15.5. The third kappa shape index (κ3) is 4.22. The Balaban J connectivity index is 3.10. The van der Waals surface area contributed by atoms with E-state index >= 15 is 0 Å². The van der Waals surface area contributed by atoms with Crippen molar-refractivity contribution in [3.05, 3.63) is 27.9 Å². The first-order valence-electron chi connectivity index (χ1n) is 4.87. The normalized spacial score (nSPS) is 12.3. The fourth-order valence-corrected chi connectivity index (χ4v) is 3.80. The largest absolute Gasteiger partial charge is 0.290 e. The maximum atomic E-state index is 11.8. The van der Waals surface area contributed by atoms with E-state index in [-0.39, 0.29) is 11.3 Å². The zero-order valence-electron chi connectivity index (χ0n) is 9.81. The summed E-state index contributed by atoms with van der Waals surface area (Å²) in [5.41, 5.74) is -0.195. The third-order valence-electron chi connectivity index (χ3n) is 2.21. The second-order valence-corrected chi connectivity index (χ2v) is 7.54. The van der Waals surface area contributed by atoms with Gasteiger partial charge in [-0.2, -0.15) is 0 Å². The summed E-state index contributed by atoms with van der Waals surface area (Å²) in [6.07, 6.45) is 0.819. The van der Waals surface area contributed by atoms with Crippen LogP contribution < -0.4 is 5.14 Å². The van der Waals surface area contributed by atoms with E-state index in [1.807, 2.05) is 0 Å². The lowest BCUT2D eigenvalue weighted by Gasteiger charge is -2.04. The summed E-state index contributed by atoms with van der Waals surface area (Å²) >= 11 is 0. The molecule has 106 valence electrons. The Labute approximate surface area is 109 Å². The highest BCUT2D eigenvalue weighted by atomic mass is 32.2. The fourth-order valence-electron chi connectivity index (χ4n) is 1.21. The molecular weight excluding hydrogens is 298 g/mol. The lowest BCUT2D eigenvalue weighted by atomic mass is 10.3. The van der Waals surface area contributed by atoms with Crippen molar-refractivity contribution in [2.45, 2.75) is 11.9 Å². The Hall–Kier alpha value is -1.59. The van der Waals surface area contributed by atoms with Crippen molar-refractivity contribution < 1.29 is 21.8 Å². The van der Waals surface area contributed by atoms with Crippen molar-refractivity contribution >= 4 is 25.5 Å². The van der Waals surface area contributed by atoms with Gasteiger partial charge in [0.2, 0.25) is 10.0 Å². The molecule has 0 atom stereocenters. The zero-order valence-corrected chi connectivity index (χ0v) is 11.4. The number of pyridine rings is 1. The SMILES string of the molecule is Cc1cc(S(=O)(=O)CCS(N)(=O)=O)ncc1[N+](=O)[O-]. The number of nitrogens with zero attached hydrogens (tertiary/aromatic N) is 2. The number of aryl methyl sites for hydroxylation is 1. The average molecular weight is 309 g/mol. The number of primary sulfonamides is 1. The van der Waals surface area contributed by atoms with Crippen molar-refractivity contribution in [3.8, 4) is 0 Å². The van der Waals surface area contributed by atoms with Gasteiger partial charge in [0, 0.05) is 5.56 Å². The van der Waals surface area contributed by atoms with Crippen LogP contribution in [0.15, 0.2) is 17.3 Å². The van der Waals surface area contributed by atoms with Gasteiger partial charge in [0.1, 0.15) is 6.20 Å². The summed E-state index contributed by atoms with van der Waals surface area (Å²) in [5, 5.41) is 14.9. The molecule has 1 rings (SSSR count). The maximum absolute atomic E-state index is 11.8. The molecule has 0 radical (unpaired) electrons. The van der Waals surface area contributed by atoms with Crippen molar-refractivity contribution in [2.24, 2.45) is 5.14 Å². The van der Waals surface area contributed by atoms with Gasteiger partial charge in [-0.3, -0.25) is 10.1 Å². The summed E-state index contributed by atoms with van der Waals surface area (Å²) in [7, 11) is -7.86. The molecule has 0 fully saturated rings. The van der Waals surface area contributed by atoms with E-state index in [9.17, 15) is 26.9 Å². The van der Waals surface area contributed by atoms with E-state index in [2.05, 4.69) is 4.98 Å². The van der Waals surface area contributed by atoms with Crippen LogP contribution in [0.4, 0.5) is 5.69 Å². The average Bonchev–Trinajstić information content (AvgIpc) is 2.25. The third-order valence-corrected chi connectivity index (χ3v) is 4.84. The smallest absolute Gasteiger partial charge is 0.258 e. The molecule has 0 aliphatic heterocycles. The maximum Gasteiger partial charge on any atom is 0.290 e. The molecule has 1 heterocycles. The lowest BCUT2D eigenvalue weighted by Crippen LogP contribution is -2.23. The quantitative estimate of drug-likeness (QED) is 0.561. The number of sulfone groups is 1. The molecule has 2 N–H and O–H groups in total. The van der Waals surface area contributed by atoms with Gasteiger partial charge >= 0.3 is 0 Å². The summed E-state index contributed by atoms with van der Waals surface area (Å²) in [6, 6.07) is 1.02. The molecule has 0 amide bonds. The number of aromatic nitrogens is 1. The van der Waals surface area contributed by atoms with E-state index in [0.717, 1.165) is 12.3 Å². The van der Waals surface area contributed by atoms with Crippen LogP contribution in [-0.2, 0) is 19.9 Å². The minimum Gasteiger partial charge on any atom is -0.258 e. The summed E-state index contributed by atoms with van der Waals surface area (Å²) in [5.74, 6) is -1.47. The van der Waals surface area contributed by atoms with Gasteiger partial charge in [-0.1, -0.05) is 0 Å². The molecule has 0 spiro atoms. The van der Waals surface area contributed by atoms with Crippen molar-refractivity contribution in [1.82, 2.24) is 4.98 Å². The molecule has 11 heteroatoms. The molecule has 0 aliphatic carbocycles. The van der Waals surface area contributed by atoms with Crippen LogP contribution in [0.2, 0.25) is 0 Å². The summed E-state index contributed by atoms with van der Waals surface area (Å²) in [6.45, 7) is 1.36. The van der Waals surface area contributed by atoms with E-state index in [4.69, 9.17) is 5.14 Å². The van der Waals surface area contributed by atoms with Gasteiger partial charge in [0.05, 0.1) is 16.4 Å². The Morgan fingerprint density at radius 1 is 1.32 bits per heavy atom. The first-order valence-corrected chi connectivity index (χ1v) is 8.24. The van der Waals surface area contributed by atoms with E-state index in [1.165, 1.54) is 6.92 Å². The molecule has 0 saturated heterocycles. The molecular formula is C8H11N3O6S2. The summed E-state index contributed by atoms with van der Waals surface area (Å²) < 4.78 is 45.0. The highest BCUT2D eigenvalue weighted by Crippen LogP contribution is 2.19. The van der Waals surface area contributed by atoms with Crippen molar-refractivity contribution in [2.75, 3.05) is 11.5 Å². The Morgan fingerprint density at radius 2 is 1.89 bits per heavy atom. The predicted octanol–water partition coefficient (Wildman–Crippen LogP) is -0.640. The Morgan fingerprint density at radius 3 is 2.32 bits per heavy atom.